The van der Waals surface area contributed by atoms with Gasteiger partial charge in [0.25, 0.3) is 0 Å². The highest BCUT2D eigenvalue weighted by atomic mass is 32.2. The van der Waals surface area contributed by atoms with Gasteiger partial charge in [0.1, 0.15) is 0 Å². The van der Waals surface area contributed by atoms with Gasteiger partial charge in [-0.1, -0.05) is 0 Å². The summed E-state index contributed by atoms with van der Waals surface area (Å²) in [5.74, 6) is 0.00483. The van der Waals surface area contributed by atoms with Crippen LogP contribution < -0.4 is 10.5 Å². The summed E-state index contributed by atoms with van der Waals surface area (Å²) in [4.78, 5) is 0. The van der Waals surface area contributed by atoms with E-state index in [0.29, 0.717) is 31.7 Å². The van der Waals surface area contributed by atoms with E-state index in [4.69, 9.17) is 15.2 Å². The number of nitrogens with two attached hydrogens (primary N) is 1. The van der Waals surface area contributed by atoms with Gasteiger partial charge in [-0.25, -0.2) is 13.1 Å². The lowest BCUT2D eigenvalue weighted by molar-refractivity contribution is 0.0245. The molecule has 0 unspecified atom stereocenters. The van der Waals surface area contributed by atoms with Crippen molar-refractivity contribution in [3.8, 4) is 0 Å². The minimum absolute atomic E-state index is 0.00483. The maximum Gasteiger partial charge on any atom is 0.213 e. The van der Waals surface area contributed by atoms with E-state index < -0.39 is 10.0 Å². The fourth-order valence-electron chi connectivity index (χ4n) is 2.07. The van der Waals surface area contributed by atoms with Crippen LogP contribution in [0.15, 0.2) is 0 Å². The Labute approximate surface area is 116 Å². The number of hydrogen-bond acceptors (Lipinski definition) is 5. The van der Waals surface area contributed by atoms with Crippen molar-refractivity contribution in [1.29, 1.82) is 0 Å². The molecule has 1 fully saturated rings. The summed E-state index contributed by atoms with van der Waals surface area (Å²) >= 11 is 0. The van der Waals surface area contributed by atoms with Gasteiger partial charge in [0.15, 0.2) is 0 Å². The average Bonchev–Trinajstić information content (AvgIpc) is 2.38. The Balaban J connectivity index is 2.02. The molecule has 19 heavy (non-hydrogen) atoms. The number of sulfonamides is 1. The Morgan fingerprint density at radius 2 is 1.89 bits per heavy atom. The summed E-state index contributed by atoms with van der Waals surface area (Å²) in [5.41, 5.74) is 5.82. The molecule has 0 aromatic carbocycles. The van der Waals surface area contributed by atoms with E-state index in [9.17, 15) is 8.42 Å². The molecule has 0 amide bonds. The molecule has 0 spiro atoms. The van der Waals surface area contributed by atoms with Crippen LogP contribution in [0.1, 0.15) is 32.1 Å². The smallest absolute Gasteiger partial charge is 0.213 e. The van der Waals surface area contributed by atoms with E-state index in [0.717, 1.165) is 25.7 Å². The second-order valence-electron chi connectivity index (χ2n) is 4.97. The van der Waals surface area contributed by atoms with Crippen LogP contribution in [0.2, 0.25) is 0 Å². The molecular formula is C12H26N2O4S. The molecule has 0 saturated heterocycles. The lowest BCUT2D eigenvalue weighted by atomic mass is 9.94. The SMILES string of the molecule is COCCS(=O)(=O)NCCCOC1CCC(N)CC1. The Hall–Kier alpha value is -0.210. The van der Waals surface area contributed by atoms with Crippen molar-refractivity contribution < 1.29 is 17.9 Å². The normalized spacial score (nSPS) is 24.5. The van der Waals surface area contributed by atoms with Crippen molar-refractivity contribution in [3.05, 3.63) is 0 Å². The van der Waals surface area contributed by atoms with Crippen LogP contribution in [-0.4, -0.2) is 53.2 Å². The van der Waals surface area contributed by atoms with Gasteiger partial charge in [-0.3, -0.25) is 0 Å². The van der Waals surface area contributed by atoms with E-state index in [2.05, 4.69) is 4.72 Å². The van der Waals surface area contributed by atoms with Crippen molar-refractivity contribution in [3.63, 3.8) is 0 Å². The molecule has 0 aliphatic heterocycles. The molecule has 0 radical (unpaired) electrons. The molecule has 1 rings (SSSR count). The first-order chi connectivity index (χ1) is 9.03. The third-order valence-corrected chi connectivity index (χ3v) is 4.62. The first-order valence-corrected chi connectivity index (χ1v) is 8.52. The van der Waals surface area contributed by atoms with Crippen LogP contribution in [0.25, 0.3) is 0 Å². The van der Waals surface area contributed by atoms with Crippen molar-refractivity contribution in [2.45, 2.75) is 44.2 Å². The summed E-state index contributed by atoms with van der Waals surface area (Å²) in [6.07, 6.45) is 5.06. The van der Waals surface area contributed by atoms with Crippen LogP contribution in [0.3, 0.4) is 0 Å². The van der Waals surface area contributed by atoms with Crippen LogP contribution in [0.4, 0.5) is 0 Å². The third-order valence-electron chi connectivity index (χ3n) is 3.27. The second kappa shape index (κ2) is 8.86. The molecular weight excluding hydrogens is 268 g/mol. The topological polar surface area (TPSA) is 90.7 Å². The first-order valence-electron chi connectivity index (χ1n) is 6.87. The van der Waals surface area contributed by atoms with Crippen molar-refractivity contribution in [2.75, 3.05) is 32.6 Å². The van der Waals surface area contributed by atoms with E-state index in [-0.39, 0.29) is 12.4 Å². The van der Waals surface area contributed by atoms with Crippen molar-refractivity contribution >= 4 is 10.0 Å². The zero-order valence-corrected chi connectivity index (χ0v) is 12.5. The van der Waals surface area contributed by atoms with E-state index in [1.807, 2.05) is 0 Å². The number of ether oxygens (including phenoxy) is 2. The summed E-state index contributed by atoms with van der Waals surface area (Å²) < 4.78 is 35.9. The molecule has 0 bridgehead atoms. The summed E-state index contributed by atoms with van der Waals surface area (Å²) in [7, 11) is -1.72. The van der Waals surface area contributed by atoms with Crippen LogP contribution >= 0.6 is 0 Å². The molecule has 0 heterocycles. The number of nitrogens with one attached hydrogen (secondary N) is 1. The monoisotopic (exact) mass is 294 g/mol. The zero-order chi connectivity index (χ0) is 14.1. The fourth-order valence-corrected chi connectivity index (χ4v) is 3.06. The molecule has 1 aliphatic rings. The molecule has 6 nitrogen and oxygen atoms in total. The maximum absolute atomic E-state index is 11.4. The minimum atomic E-state index is -3.20. The lowest BCUT2D eigenvalue weighted by Gasteiger charge is -2.26. The zero-order valence-electron chi connectivity index (χ0n) is 11.6. The second-order valence-corrected chi connectivity index (χ2v) is 6.89. The highest BCUT2D eigenvalue weighted by Crippen LogP contribution is 2.19. The predicted octanol–water partition coefficient (Wildman–Crippen LogP) is 0.229. The van der Waals surface area contributed by atoms with Crippen LogP contribution in [0.5, 0.6) is 0 Å². The van der Waals surface area contributed by atoms with Crippen molar-refractivity contribution in [1.82, 2.24) is 4.72 Å². The Bertz CT molecular complexity index is 327. The largest absolute Gasteiger partial charge is 0.384 e. The standard InChI is InChI=1S/C12H26N2O4S/c1-17-9-10-19(15,16)14-7-2-8-18-12-5-3-11(13)4-6-12/h11-12,14H,2-10,13H2,1H3. The number of methoxy groups -OCH3 is 1. The fraction of sp³-hybridized carbons (Fsp3) is 1.00. The minimum Gasteiger partial charge on any atom is -0.384 e. The summed E-state index contributed by atoms with van der Waals surface area (Å²) in [5, 5.41) is 0. The van der Waals surface area contributed by atoms with Gasteiger partial charge >= 0.3 is 0 Å². The molecule has 114 valence electrons. The predicted molar refractivity (Wildman–Crippen MR) is 74.5 cm³/mol. The molecule has 7 heteroatoms. The molecule has 0 atom stereocenters. The Morgan fingerprint density at radius 1 is 1.21 bits per heavy atom. The summed E-state index contributed by atoms with van der Waals surface area (Å²) in [6.45, 7) is 1.22. The molecule has 0 aromatic rings. The Kier molecular flexibility index (Phi) is 7.86. The molecule has 1 saturated carbocycles. The van der Waals surface area contributed by atoms with Gasteiger partial charge in [0, 0.05) is 26.3 Å². The molecule has 0 aromatic heterocycles. The maximum atomic E-state index is 11.4. The van der Waals surface area contributed by atoms with Crippen molar-refractivity contribution in [2.24, 2.45) is 5.73 Å². The average molecular weight is 294 g/mol. The third kappa shape index (κ3) is 7.84. The molecule has 1 aliphatic carbocycles. The van der Waals surface area contributed by atoms with Crippen LogP contribution in [-0.2, 0) is 19.5 Å². The Morgan fingerprint density at radius 3 is 2.53 bits per heavy atom. The van der Waals surface area contributed by atoms with E-state index in [1.165, 1.54) is 7.11 Å². The van der Waals surface area contributed by atoms with Gasteiger partial charge in [0.2, 0.25) is 10.0 Å². The summed E-state index contributed by atoms with van der Waals surface area (Å²) in [6, 6.07) is 0.326. The number of rotatable bonds is 9. The van der Waals surface area contributed by atoms with Gasteiger partial charge in [-0.2, -0.15) is 0 Å². The highest BCUT2D eigenvalue weighted by Gasteiger charge is 2.18. The molecule has 3 N–H and O–H groups in total. The van der Waals surface area contributed by atoms with Gasteiger partial charge in [-0.05, 0) is 32.1 Å². The van der Waals surface area contributed by atoms with Gasteiger partial charge in [-0.15, -0.1) is 0 Å². The van der Waals surface area contributed by atoms with E-state index in [1.54, 1.807) is 0 Å². The number of hydrogen-bond donors (Lipinski definition) is 2. The van der Waals surface area contributed by atoms with Gasteiger partial charge in [0.05, 0.1) is 18.5 Å². The quantitative estimate of drug-likeness (QED) is 0.594. The first kappa shape index (κ1) is 16.8. The highest BCUT2D eigenvalue weighted by molar-refractivity contribution is 7.89. The van der Waals surface area contributed by atoms with Crippen LogP contribution in [0, 0.1) is 0 Å². The van der Waals surface area contributed by atoms with Gasteiger partial charge < -0.3 is 15.2 Å². The van der Waals surface area contributed by atoms with E-state index >= 15 is 0 Å². The lowest BCUT2D eigenvalue weighted by Crippen LogP contribution is -2.32.